The molecule has 0 aliphatic heterocycles. The Labute approximate surface area is 108 Å². The quantitative estimate of drug-likeness (QED) is 0.437. The summed E-state index contributed by atoms with van der Waals surface area (Å²) in [6, 6.07) is 5.24. The SMILES string of the molecule is C=CCCCCCC(O)c1ccc(N)cc1Cl. The van der Waals surface area contributed by atoms with Crippen molar-refractivity contribution in [2.24, 2.45) is 0 Å². The first-order chi connectivity index (χ1) is 8.15. The number of allylic oxidation sites excluding steroid dienone is 1. The third-order valence-corrected chi connectivity index (χ3v) is 3.10. The molecule has 3 N–H and O–H groups in total. The molecule has 0 aromatic heterocycles. The molecule has 0 heterocycles. The van der Waals surface area contributed by atoms with E-state index < -0.39 is 6.10 Å². The maximum absolute atomic E-state index is 10.0. The molecule has 1 atom stereocenters. The van der Waals surface area contributed by atoms with Crippen LogP contribution in [0.2, 0.25) is 5.02 Å². The van der Waals surface area contributed by atoms with Crippen molar-refractivity contribution in [2.45, 2.75) is 38.2 Å². The van der Waals surface area contributed by atoms with Crippen LogP contribution in [0.1, 0.15) is 43.8 Å². The van der Waals surface area contributed by atoms with Crippen LogP contribution in [0.5, 0.6) is 0 Å². The summed E-state index contributed by atoms with van der Waals surface area (Å²) in [6.45, 7) is 3.68. The van der Waals surface area contributed by atoms with Crippen LogP contribution < -0.4 is 5.73 Å². The first-order valence-electron chi connectivity index (χ1n) is 5.99. The zero-order valence-electron chi connectivity index (χ0n) is 10.0. The number of aliphatic hydroxyl groups is 1. The molecule has 0 aliphatic rings. The molecule has 17 heavy (non-hydrogen) atoms. The van der Waals surface area contributed by atoms with Gasteiger partial charge in [0.15, 0.2) is 0 Å². The molecule has 1 aromatic rings. The van der Waals surface area contributed by atoms with Crippen molar-refractivity contribution >= 4 is 17.3 Å². The molecular weight excluding hydrogens is 234 g/mol. The molecule has 0 spiro atoms. The molecule has 3 heteroatoms. The van der Waals surface area contributed by atoms with Crippen LogP contribution in [0.15, 0.2) is 30.9 Å². The summed E-state index contributed by atoms with van der Waals surface area (Å²) in [6.07, 6.45) is 6.44. The molecule has 1 aromatic carbocycles. The summed E-state index contributed by atoms with van der Waals surface area (Å²) in [7, 11) is 0. The van der Waals surface area contributed by atoms with Gasteiger partial charge in [-0.15, -0.1) is 6.58 Å². The Bertz CT molecular complexity index is 365. The Morgan fingerprint density at radius 1 is 1.35 bits per heavy atom. The van der Waals surface area contributed by atoms with Crippen LogP contribution >= 0.6 is 11.6 Å². The molecular formula is C14H20ClNO. The van der Waals surface area contributed by atoms with Gasteiger partial charge in [0.1, 0.15) is 0 Å². The molecule has 1 unspecified atom stereocenters. The second-order valence-corrected chi connectivity index (χ2v) is 4.63. The molecule has 0 aliphatic carbocycles. The fraction of sp³-hybridized carbons (Fsp3) is 0.429. The Morgan fingerprint density at radius 2 is 2.12 bits per heavy atom. The topological polar surface area (TPSA) is 46.2 Å². The van der Waals surface area contributed by atoms with Gasteiger partial charge < -0.3 is 10.8 Å². The maximum Gasteiger partial charge on any atom is 0.0804 e. The van der Waals surface area contributed by atoms with Gasteiger partial charge in [0.25, 0.3) is 0 Å². The molecule has 0 amide bonds. The highest BCUT2D eigenvalue weighted by Crippen LogP contribution is 2.28. The summed E-state index contributed by atoms with van der Waals surface area (Å²) in [5.41, 5.74) is 7.00. The first kappa shape index (κ1) is 14.1. The number of aliphatic hydroxyl groups excluding tert-OH is 1. The average molecular weight is 254 g/mol. The Morgan fingerprint density at radius 3 is 2.76 bits per heavy atom. The molecule has 0 radical (unpaired) electrons. The van der Waals surface area contributed by atoms with Crippen LogP contribution in [0.3, 0.4) is 0 Å². The standard InChI is InChI=1S/C14H20ClNO/c1-2-3-4-5-6-7-14(17)12-9-8-11(16)10-13(12)15/h2,8-10,14,17H,1,3-7,16H2. The van der Waals surface area contributed by atoms with E-state index in [-0.39, 0.29) is 0 Å². The van der Waals surface area contributed by atoms with Crippen molar-refractivity contribution in [3.8, 4) is 0 Å². The van der Waals surface area contributed by atoms with Gasteiger partial charge in [-0.25, -0.2) is 0 Å². The maximum atomic E-state index is 10.0. The number of nitrogen functional groups attached to an aromatic ring is 1. The van der Waals surface area contributed by atoms with Crippen molar-refractivity contribution < 1.29 is 5.11 Å². The number of hydrogen-bond donors (Lipinski definition) is 2. The van der Waals surface area contributed by atoms with Crippen LogP contribution in [0, 0.1) is 0 Å². The number of rotatable bonds is 7. The summed E-state index contributed by atoms with van der Waals surface area (Å²) < 4.78 is 0. The average Bonchev–Trinajstić information content (AvgIpc) is 2.28. The smallest absolute Gasteiger partial charge is 0.0804 e. The highest BCUT2D eigenvalue weighted by molar-refractivity contribution is 6.31. The van der Waals surface area contributed by atoms with Gasteiger partial charge in [0.2, 0.25) is 0 Å². The van der Waals surface area contributed by atoms with Crippen molar-refractivity contribution in [1.29, 1.82) is 0 Å². The van der Waals surface area contributed by atoms with Gasteiger partial charge in [0, 0.05) is 10.7 Å². The van der Waals surface area contributed by atoms with Crippen LogP contribution in [-0.2, 0) is 0 Å². The minimum Gasteiger partial charge on any atom is -0.399 e. The van der Waals surface area contributed by atoms with Gasteiger partial charge in [-0.1, -0.05) is 36.6 Å². The number of nitrogens with two attached hydrogens (primary N) is 1. The number of hydrogen-bond acceptors (Lipinski definition) is 2. The van der Waals surface area contributed by atoms with Gasteiger partial charge in [0.05, 0.1) is 6.10 Å². The minimum absolute atomic E-state index is 0.494. The second-order valence-electron chi connectivity index (χ2n) is 4.22. The predicted octanol–water partition coefficient (Wildman–Crippen LogP) is 4.09. The van der Waals surface area contributed by atoms with Crippen molar-refractivity contribution in [2.75, 3.05) is 5.73 Å². The number of halogens is 1. The summed E-state index contributed by atoms with van der Waals surface area (Å²) in [4.78, 5) is 0. The lowest BCUT2D eigenvalue weighted by Gasteiger charge is -2.12. The first-order valence-corrected chi connectivity index (χ1v) is 6.37. The predicted molar refractivity (Wildman–Crippen MR) is 74.1 cm³/mol. The van der Waals surface area contributed by atoms with E-state index in [1.165, 1.54) is 0 Å². The summed E-state index contributed by atoms with van der Waals surface area (Å²) in [5.74, 6) is 0. The third kappa shape index (κ3) is 4.80. The molecule has 0 saturated heterocycles. The fourth-order valence-corrected chi connectivity index (χ4v) is 2.09. The minimum atomic E-state index is -0.494. The molecule has 0 saturated carbocycles. The van der Waals surface area contributed by atoms with Crippen molar-refractivity contribution in [1.82, 2.24) is 0 Å². The highest BCUT2D eigenvalue weighted by Gasteiger charge is 2.11. The number of unbranched alkanes of at least 4 members (excludes halogenated alkanes) is 3. The van der Waals surface area contributed by atoms with E-state index in [1.807, 2.05) is 6.08 Å². The van der Waals surface area contributed by atoms with E-state index in [0.717, 1.165) is 37.7 Å². The number of benzene rings is 1. The highest BCUT2D eigenvalue weighted by atomic mass is 35.5. The molecule has 1 rings (SSSR count). The van der Waals surface area contributed by atoms with Crippen LogP contribution in [-0.4, -0.2) is 5.11 Å². The fourth-order valence-electron chi connectivity index (χ4n) is 1.77. The van der Waals surface area contributed by atoms with Crippen molar-refractivity contribution in [3.05, 3.63) is 41.4 Å². The van der Waals surface area contributed by atoms with Crippen molar-refractivity contribution in [3.63, 3.8) is 0 Å². The normalized spacial score (nSPS) is 12.4. The Kier molecular flexibility index (Phi) is 6.09. The van der Waals surface area contributed by atoms with E-state index in [2.05, 4.69) is 6.58 Å². The van der Waals surface area contributed by atoms with E-state index in [9.17, 15) is 5.11 Å². The van der Waals surface area contributed by atoms with Gasteiger partial charge in [-0.3, -0.25) is 0 Å². The number of anilines is 1. The monoisotopic (exact) mass is 253 g/mol. The van der Waals surface area contributed by atoms with E-state index in [1.54, 1.807) is 18.2 Å². The van der Waals surface area contributed by atoms with E-state index >= 15 is 0 Å². The second kappa shape index (κ2) is 7.36. The largest absolute Gasteiger partial charge is 0.399 e. The zero-order valence-corrected chi connectivity index (χ0v) is 10.8. The Balaban J connectivity index is 2.41. The lowest BCUT2D eigenvalue weighted by Crippen LogP contribution is -1.99. The zero-order chi connectivity index (χ0) is 12.7. The molecule has 2 nitrogen and oxygen atoms in total. The van der Waals surface area contributed by atoms with Gasteiger partial charge in [-0.2, -0.15) is 0 Å². The summed E-state index contributed by atoms with van der Waals surface area (Å²) >= 11 is 6.03. The van der Waals surface area contributed by atoms with Crippen LogP contribution in [0.25, 0.3) is 0 Å². The molecule has 0 fully saturated rings. The lowest BCUT2D eigenvalue weighted by molar-refractivity contribution is 0.163. The van der Waals surface area contributed by atoms with E-state index in [0.29, 0.717) is 10.7 Å². The molecule has 0 bridgehead atoms. The van der Waals surface area contributed by atoms with E-state index in [4.69, 9.17) is 17.3 Å². The van der Waals surface area contributed by atoms with Gasteiger partial charge >= 0.3 is 0 Å². The lowest BCUT2D eigenvalue weighted by atomic mass is 10.0. The summed E-state index contributed by atoms with van der Waals surface area (Å²) in [5, 5.41) is 10.5. The molecule has 94 valence electrons. The Hall–Kier alpha value is -0.990. The van der Waals surface area contributed by atoms with Gasteiger partial charge in [-0.05, 0) is 37.0 Å². The van der Waals surface area contributed by atoms with Crippen LogP contribution in [0.4, 0.5) is 5.69 Å². The third-order valence-electron chi connectivity index (χ3n) is 2.77.